The molecule has 0 radical (unpaired) electrons. The van der Waals surface area contributed by atoms with Gasteiger partial charge in [0.1, 0.15) is 0 Å². The molecule has 0 spiro atoms. The predicted octanol–water partition coefficient (Wildman–Crippen LogP) is 4.66. The van der Waals surface area contributed by atoms with Crippen LogP contribution in [0.25, 0.3) is 30.6 Å². The van der Waals surface area contributed by atoms with Gasteiger partial charge in [-0.15, -0.1) is 0 Å². The van der Waals surface area contributed by atoms with Crippen LogP contribution in [0.1, 0.15) is 0 Å². The van der Waals surface area contributed by atoms with E-state index in [0.29, 0.717) is 14.5 Å². The van der Waals surface area contributed by atoms with Crippen LogP contribution in [0.3, 0.4) is 0 Å². The van der Waals surface area contributed by atoms with E-state index in [1.165, 1.54) is 20.6 Å². The van der Waals surface area contributed by atoms with Gasteiger partial charge >= 0.3 is 146 Å². The minimum absolute atomic E-state index is 0.409. The van der Waals surface area contributed by atoms with E-state index in [1.807, 2.05) is 6.20 Å². The molecule has 4 rings (SSSR count). The normalized spacial score (nSPS) is 12.1. The average molecular weight is 425 g/mol. The zero-order chi connectivity index (χ0) is 16.0. The SMILES string of the molecule is [CH3][Ge]([CH3])([CH3])[c]1cccc2c1[se]c1ccnc(-c3ccccc3)c12. The first-order valence-corrected chi connectivity index (χ1v) is 17.0. The summed E-state index contributed by atoms with van der Waals surface area (Å²) < 4.78 is 4.77. The fourth-order valence-corrected chi connectivity index (χ4v) is 12.3. The van der Waals surface area contributed by atoms with Gasteiger partial charge in [-0.05, 0) is 0 Å². The third kappa shape index (κ3) is 2.59. The van der Waals surface area contributed by atoms with E-state index in [9.17, 15) is 0 Å². The van der Waals surface area contributed by atoms with Gasteiger partial charge in [0, 0.05) is 0 Å². The van der Waals surface area contributed by atoms with Gasteiger partial charge in [-0.3, -0.25) is 0 Å². The van der Waals surface area contributed by atoms with E-state index in [0.717, 1.165) is 5.69 Å². The van der Waals surface area contributed by atoms with Gasteiger partial charge in [0.25, 0.3) is 0 Å². The first-order valence-electron chi connectivity index (χ1n) is 7.92. The number of benzene rings is 2. The van der Waals surface area contributed by atoms with Crippen LogP contribution in [-0.4, -0.2) is 32.8 Å². The quantitative estimate of drug-likeness (QED) is 0.426. The van der Waals surface area contributed by atoms with Crippen LogP contribution in [0.15, 0.2) is 60.8 Å². The predicted molar refractivity (Wildman–Crippen MR) is 105 cm³/mol. The van der Waals surface area contributed by atoms with Gasteiger partial charge in [-0.2, -0.15) is 0 Å². The topological polar surface area (TPSA) is 12.9 Å². The van der Waals surface area contributed by atoms with Crippen LogP contribution in [0.5, 0.6) is 0 Å². The number of hydrogen-bond acceptors (Lipinski definition) is 1. The molecule has 114 valence electrons. The number of nitrogens with zero attached hydrogens (tertiary/aromatic N) is 1. The van der Waals surface area contributed by atoms with Crippen molar-refractivity contribution in [2.45, 2.75) is 17.3 Å². The maximum absolute atomic E-state index is 4.74. The Kier molecular flexibility index (Phi) is 3.72. The fraction of sp³-hybridized carbons (Fsp3) is 0.150. The molecule has 0 atom stereocenters. The van der Waals surface area contributed by atoms with E-state index in [4.69, 9.17) is 4.98 Å². The Labute approximate surface area is 145 Å². The van der Waals surface area contributed by atoms with E-state index < -0.39 is 13.3 Å². The van der Waals surface area contributed by atoms with Gasteiger partial charge in [0.2, 0.25) is 0 Å². The average Bonchev–Trinajstić information content (AvgIpc) is 2.93. The molecule has 0 amide bonds. The van der Waals surface area contributed by atoms with E-state index >= 15 is 0 Å². The number of fused-ring (bicyclic) bond motifs is 3. The molecule has 0 aliphatic rings. The number of aromatic nitrogens is 1. The third-order valence-corrected chi connectivity index (χ3v) is 11.9. The third-order valence-electron chi connectivity index (χ3n) is 4.26. The second kappa shape index (κ2) is 5.63. The Morgan fingerprint density at radius 2 is 1.65 bits per heavy atom. The van der Waals surface area contributed by atoms with Crippen molar-refractivity contribution in [1.82, 2.24) is 4.98 Å². The molecule has 2 heterocycles. The summed E-state index contributed by atoms with van der Waals surface area (Å²) in [4.78, 5) is 4.74. The van der Waals surface area contributed by atoms with Gasteiger partial charge in [-0.1, -0.05) is 0 Å². The summed E-state index contributed by atoms with van der Waals surface area (Å²) in [7, 11) is 0. The molecule has 0 aliphatic heterocycles. The number of hydrogen-bond donors (Lipinski definition) is 0. The Morgan fingerprint density at radius 1 is 0.870 bits per heavy atom. The molecule has 0 aliphatic carbocycles. The van der Waals surface area contributed by atoms with Crippen molar-refractivity contribution < 1.29 is 0 Å². The van der Waals surface area contributed by atoms with Crippen LogP contribution in [0.2, 0.25) is 17.3 Å². The van der Waals surface area contributed by atoms with Crippen LogP contribution >= 0.6 is 0 Å². The summed E-state index contributed by atoms with van der Waals surface area (Å²) >= 11 is -1.45. The van der Waals surface area contributed by atoms with Crippen LogP contribution in [0.4, 0.5) is 0 Å². The number of pyridine rings is 1. The molecule has 0 N–H and O–H groups in total. The second-order valence-corrected chi connectivity index (χ2v) is 19.7. The molecule has 23 heavy (non-hydrogen) atoms. The fourth-order valence-electron chi connectivity index (χ4n) is 3.15. The molecule has 4 aromatic rings. The summed E-state index contributed by atoms with van der Waals surface area (Å²) in [5.74, 6) is 7.47. The molecule has 2 aromatic carbocycles. The first-order chi connectivity index (χ1) is 11.1. The van der Waals surface area contributed by atoms with Gasteiger partial charge < -0.3 is 0 Å². The van der Waals surface area contributed by atoms with E-state index in [-0.39, 0.29) is 0 Å². The van der Waals surface area contributed by atoms with Gasteiger partial charge in [0.05, 0.1) is 0 Å². The zero-order valence-electron chi connectivity index (χ0n) is 13.6. The Morgan fingerprint density at radius 3 is 2.39 bits per heavy atom. The summed E-state index contributed by atoms with van der Waals surface area (Å²) in [6.07, 6.45) is 1.98. The molecule has 3 heteroatoms. The monoisotopic (exact) mass is 427 g/mol. The molecule has 0 saturated heterocycles. The zero-order valence-corrected chi connectivity index (χ0v) is 17.4. The van der Waals surface area contributed by atoms with Crippen molar-refractivity contribution in [3.8, 4) is 11.3 Å². The van der Waals surface area contributed by atoms with Crippen LogP contribution < -0.4 is 4.40 Å². The van der Waals surface area contributed by atoms with Crippen LogP contribution in [-0.2, 0) is 0 Å². The molecule has 0 fully saturated rings. The standard InChI is InChI=1S/C20H19GeNSe/c1-21(2,3)16-11-7-10-15-18-17(23-20(15)16)12-13-22-19(18)14-8-5-4-6-9-14/h4-13H,1-3H3. The Balaban J connectivity index is 2.13. The molecule has 0 bridgehead atoms. The molecule has 1 nitrogen and oxygen atoms in total. The van der Waals surface area contributed by atoms with Crippen molar-refractivity contribution in [2.24, 2.45) is 0 Å². The maximum atomic E-state index is 4.74. The summed E-state index contributed by atoms with van der Waals surface area (Å²) in [5, 5.41) is 2.81. The van der Waals surface area contributed by atoms with Crippen molar-refractivity contribution >= 4 is 51.5 Å². The van der Waals surface area contributed by atoms with Crippen molar-refractivity contribution in [2.75, 3.05) is 0 Å². The van der Waals surface area contributed by atoms with Gasteiger partial charge in [0.15, 0.2) is 0 Å². The molecule has 0 unspecified atom stereocenters. The minimum atomic E-state index is -1.86. The van der Waals surface area contributed by atoms with E-state index in [2.05, 4.69) is 71.9 Å². The molecular formula is C20H19GeNSe. The van der Waals surface area contributed by atoms with Crippen molar-refractivity contribution in [3.05, 3.63) is 60.8 Å². The summed E-state index contributed by atoms with van der Waals surface area (Å²) in [5.41, 5.74) is 2.36. The first kappa shape index (κ1) is 15.2. The molecule has 2 aromatic heterocycles. The van der Waals surface area contributed by atoms with Crippen LogP contribution in [0, 0.1) is 0 Å². The second-order valence-electron chi connectivity index (χ2n) is 6.93. The Hall–Kier alpha value is -1.35. The molecular weight excluding hydrogens is 406 g/mol. The van der Waals surface area contributed by atoms with Crippen molar-refractivity contribution in [3.63, 3.8) is 0 Å². The summed E-state index contributed by atoms with van der Waals surface area (Å²) in [6.45, 7) is 0. The molecule has 0 saturated carbocycles. The number of rotatable bonds is 2. The summed E-state index contributed by atoms with van der Waals surface area (Å²) in [6, 6.07) is 19.7. The van der Waals surface area contributed by atoms with Crippen molar-refractivity contribution in [1.29, 1.82) is 0 Å². The van der Waals surface area contributed by atoms with E-state index in [1.54, 1.807) is 8.66 Å². The Bertz CT molecular complexity index is 997. The van der Waals surface area contributed by atoms with Gasteiger partial charge in [-0.25, -0.2) is 0 Å².